The number of nitrogens with zero attached hydrogens (tertiary/aromatic N) is 3. The standard InChI is InChI=1S/C23H33N3O2/c1-16-10-18(12-21-20(16)15-24-25(21)3)11-17-6-4-8-26(9-5-7-17)22(27)19-13-23(2,28)14-19/h10,12,15,17,19,28H,4-9,11,13-14H2,1-3H3. The molecule has 0 bridgehead atoms. The summed E-state index contributed by atoms with van der Waals surface area (Å²) >= 11 is 0. The van der Waals surface area contributed by atoms with Gasteiger partial charge in [0, 0.05) is 31.4 Å². The Balaban J connectivity index is 1.34. The van der Waals surface area contributed by atoms with Gasteiger partial charge in [-0.2, -0.15) is 5.10 Å². The van der Waals surface area contributed by atoms with Crippen molar-refractivity contribution in [2.75, 3.05) is 13.1 Å². The second kappa shape index (κ2) is 7.51. The molecule has 2 fully saturated rings. The maximum Gasteiger partial charge on any atom is 0.225 e. The van der Waals surface area contributed by atoms with E-state index in [0.717, 1.165) is 32.4 Å². The van der Waals surface area contributed by atoms with Crippen LogP contribution < -0.4 is 0 Å². The predicted octanol–water partition coefficient (Wildman–Crippen LogP) is 3.60. The lowest BCUT2D eigenvalue weighted by molar-refractivity contribution is -0.150. The Hall–Kier alpha value is -1.88. The number of aliphatic hydroxyl groups is 1. The number of rotatable bonds is 3. The first-order chi connectivity index (χ1) is 13.3. The average molecular weight is 384 g/mol. The summed E-state index contributed by atoms with van der Waals surface area (Å²) < 4.78 is 1.96. The number of carbonyl (C=O) groups excluding carboxylic acids is 1. The Morgan fingerprint density at radius 2 is 1.93 bits per heavy atom. The number of likely N-dealkylation sites (tertiary alicyclic amines) is 1. The molecule has 28 heavy (non-hydrogen) atoms. The van der Waals surface area contributed by atoms with Gasteiger partial charge in [-0.05, 0) is 81.9 Å². The summed E-state index contributed by atoms with van der Waals surface area (Å²) in [6.07, 6.45) is 8.82. The molecule has 152 valence electrons. The average Bonchev–Trinajstić information content (AvgIpc) is 2.96. The first-order valence-corrected chi connectivity index (χ1v) is 10.7. The fraction of sp³-hybridized carbons (Fsp3) is 0.652. The summed E-state index contributed by atoms with van der Waals surface area (Å²) in [7, 11) is 2.01. The van der Waals surface area contributed by atoms with Gasteiger partial charge >= 0.3 is 0 Å². The summed E-state index contributed by atoms with van der Waals surface area (Å²) in [5.41, 5.74) is 3.30. The minimum Gasteiger partial charge on any atom is -0.390 e. The Bertz CT molecular complexity index is 852. The van der Waals surface area contributed by atoms with Crippen LogP contribution in [0, 0.1) is 18.8 Å². The fourth-order valence-corrected chi connectivity index (χ4v) is 5.20. The van der Waals surface area contributed by atoms with Crippen LogP contribution >= 0.6 is 0 Å². The maximum absolute atomic E-state index is 12.7. The van der Waals surface area contributed by atoms with Gasteiger partial charge in [-0.1, -0.05) is 6.07 Å². The molecule has 1 aromatic heterocycles. The van der Waals surface area contributed by atoms with Gasteiger partial charge in [0.1, 0.15) is 0 Å². The molecule has 1 aromatic carbocycles. The minimum absolute atomic E-state index is 0.0406. The van der Waals surface area contributed by atoms with Gasteiger partial charge in [-0.25, -0.2) is 0 Å². The second-order valence-electron chi connectivity index (χ2n) is 9.40. The third-order valence-electron chi connectivity index (χ3n) is 6.77. The third-order valence-corrected chi connectivity index (χ3v) is 6.77. The number of hydrogen-bond donors (Lipinski definition) is 1. The lowest BCUT2D eigenvalue weighted by Gasteiger charge is -2.42. The number of amides is 1. The molecule has 1 N–H and O–H groups in total. The van der Waals surface area contributed by atoms with Crippen LogP contribution in [0.3, 0.4) is 0 Å². The molecule has 0 unspecified atom stereocenters. The monoisotopic (exact) mass is 383 g/mol. The molecule has 1 aliphatic heterocycles. The van der Waals surface area contributed by atoms with E-state index >= 15 is 0 Å². The van der Waals surface area contributed by atoms with Crippen molar-refractivity contribution in [1.29, 1.82) is 0 Å². The summed E-state index contributed by atoms with van der Waals surface area (Å²) in [6.45, 7) is 5.74. The topological polar surface area (TPSA) is 58.4 Å². The van der Waals surface area contributed by atoms with E-state index in [1.54, 1.807) is 0 Å². The summed E-state index contributed by atoms with van der Waals surface area (Å²) in [5, 5.41) is 15.6. The number of aromatic nitrogens is 2. The van der Waals surface area contributed by atoms with Gasteiger partial charge < -0.3 is 10.0 Å². The maximum atomic E-state index is 12.7. The van der Waals surface area contributed by atoms with E-state index in [1.165, 1.54) is 34.9 Å². The van der Waals surface area contributed by atoms with Crippen LogP contribution in [0.4, 0.5) is 0 Å². The largest absolute Gasteiger partial charge is 0.390 e. The van der Waals surface area contributed by atoms with Crippen molar-refractivity contribution in [3.05, 3.63) is 29.5 Å². The molecule has 0 atom stereocenters. The zero-order valence-corrected chi connectivity index (χ0v) is 17.4. The van der Waals surface area contributed by atoms with E-state index in [-0.39, 0.29) is 11.8 Å². The highest BCUT2D eigenvalue weighted by molar-refractivity contribution is 5.83. The lowest BCUT2D eigenvalue weighted by Crippen LogP contribution is -2.50. The van der Waals surface area contributed by atoms with Crippen LogP contribution in [0.25, 0.3) is 10.9 Å². The third kappa shape index (κ3) is 3.95. The number of benzene rings is 1. The fourth-order valence-electron chi connectivity index (χ4n) is 5.20. The number of hydrogen-bond acceptors (Lipinski definition) is 3. The van der Waals surface area contributed by atoms with Crippen molar-refractivity contribution in [3.8, 4) is 0 Å². The Kier molecular flexibility index (Phi) is 5.21. The highest BCUT2D eigenvalue weighted by Crippen LogP contribution is 2.38. The molecule has 1 saturated carbocycles. The van der Waals surface area contributed by atoms with Crippen molar-refractivity contribution in [2.24, 2.45) is 18.9 Å². The van der Waals surface area contributed by atoms with Crippen molar-refractivity contribution in [1.82, 2.24) is 14.7 Å². The van der Waals surface area contributed by atoms with E-state index in [9.17, 15) is 9.90 Å². The molecule has 2 aromatic rings. The highest BCUT2D eigenvalue weighted by Gasteiger charge is 2.43. The van der Waals surface area contributed by atoms with Crippen molar-refractivity contribution in [3.63, 3.8) is 0 Å². The van der Waals surface area contributed by atoms with Crippen LogP contribution in [-0.2, 0) is 18.3 Å². The Morgan fingerprint density at radius 1 is 1.25 bits per heavy atom. The number of aryl methyl sites for hydroxylation is 2. The van der Waals surface area contributed by atoms with Gasteiger partial charge in [0.05, 0.1) is 17.3 Å². The number of carbonyl (C=O) groups is 1. The van der Waals surface area contributed by atoms with Crippen LogP contribution in [0.1, 0.15) is 56.6 Å². The Morgan fingerprint density at radius 3 is 2.57 bits per heavy atom. The van der Waals surface area contributed by atoms with Crippen molar-refractivity contribution in [2.45, 2.75) is 64.4 Å². The molecular weight excluding hydrogens is 350 g/mol. The van der Waals surface area contributed by atoms with E-state index in [4.69, 9.17) is 0 Å². The molecule has 1 aliphatic carbocycles. The smallest absolute Gasteiger partial charge is 0.225 e. The first kappa shape index (κ1) is 19.4. The molecule has 0 radical (unpaired) electrons. The molecule has 5 heteroatoms. The van der Waals surface area contributed by atoms with Gasteiger partial charge in [0.15, 0.2) is 0 Å². The zero-order valence-electron chi connectivity index (χ0n) is 17.4. The van der Waals surface area contributed by atoms with Crippen LogP contribution in [0.5, 0.6) is 0 Å². The molecule has 4 rings (SSSR count). The predicted molar refractivity (Wildman–Crippen MR) is 111 cm³/mol. The second-order valence-corrected chi connectivity index (χ2v) is 9.40. The van der Waals surface area contributed by atoms with E-state index in [1.807, 2.05) is 24.9 Å². The van der Waals surface area contributed by atoms with Gasteiger partial charge in [0.2, 0.25) is 5.91 Å². The quantitative estimate of drug-likeness (QED) is 0.881. The SMILES string of the molecule is Cc1cc(CC2CCCN(C(=O)C3CC(C)(O)C3)CCC2)cc2c1cnn2C. The Labute approximate surface area is 167 Å². The van der Waals surface area contributed by atoms with E-state index in [2.05, 4.69) is 29.1 Å². The van der Waals surface area contributed by atoms with E-state index in [0.29, 0.717) is 18.8 Å². The van der Waals surface area contributed by atoms with Gasteiger partial charge in [-0.3, -0.25) is 9.48 Å². The summed E-state index contributed by atoms with van der Waals surface area (Å²) in [6, 6.07) is 4.62. The zero-order chi connectivity index (χ0) is 19.9. The summed E-state index contributed by atoms with van der Waals surface area (Å²) in [4.78, 5) is 14.7. The van der Waals surface area contributed by atoms with Crippen LogP contribution in [0.15, 0.2) is 18.3 Å². The van der Waals surface area contributed by atoms with Crippen molar-refractivity contribution < 1.29 is 9.90 Å². The van der Waals surface area contributed by atoms with Crippen LogP contribution in [0.2, 0.25) is 0 Å². The lowest BCUT2D eigenvalue weighted by atomic mass is 9.71. The molecule has 1 saturated heterocycles. The molecule has 2 heterocycles. The molecule has 5 nitrogen and oxygen atoms in total. The van der Waals surface area contributed by atoms with Crippen LogP contribution in [-0.4, -0.2) is 44.4 Å². The normalized spacial score (nSPS) is 26.7. The van der Waals surface area contributed by atoms with Gasteiger partial charge in [-0.15, -0.1) is 0 Å². The number of fused-ring (bicyclic) bond motifs is 1. The molecule has 1 amide bonds. The summed E-state index contributed by atoms with van der Waals surface area (Å²) in [5.74, 6) is 0.993. The minimum atomic E-state index is -0.624. The van der Waals surface area contributed by atoms with E-state index < -0.39 is 5.60 Å². The molecule has 0 spiro atoms. The van der Waals surface area contributed by atoms with Crippen molar-refractivity contribution >= 4 is 16.8 Å². The first-order valence-electron chi connectivity index (χ1n) is 10.7. The molecular formula is C23H33N3O2. The highest BCUT2D eigenvalue weighted by atomic mass is 16.3. The van der Waals surface area contributed by atoms with Gasteiger partial charge in [0.25, 0.3) is 0 Å². The molecule has 2 aliphatic rings.